The highest BCUT2D eigenvalue weighted by Crippen LogP contribution is 1.96. The van der Waals surface area contributed by atoms with Gasteiger partial charge < -0.3 is 10.2 Å². The molecule has 0 radical (unpaired) electrons. The van der Waals surface area contributed by atoms with E-state index in [1.807, 2.05) is 0 Å². The molecular weight excluding hydrogens is 160 g/mol. The minimum Gasteiger partial charge on any atom is -0.336 e. The van der Waals surface area contributed by atoms with Gasteiger partial charge >= 0.3 is 6.03 Å². The summed E-state index contributed by atoms with van der Waals surface area (Å²) in [6, 6.07) is -0.0766. The van der Waals surface area contributed by atoms with Crippen LogP contribution in [0.2, 0.25) is 0 Å². The largest absolute Gasteiger partial charge is 0.336 e. The fourth-order valence-corrected chi connectivity index (χ4v) is 1.05. The Hall–Kier alpha value is -1.66. The third-order valence-corrected chi connectivity index (χ3v) is 1.63. The molecule has 64 valence electrons. The molecule has 0 bridgehead atoms. The SMILES string of the molecule is O=C1NCCN1Cn1ncnn1. The van der Waals surface area contributed by atoms with Gasteiger partial charge in [-0.2, -0.15) is 0 Å². The number of nitrogens with zero attached hydrogens (tertiary/aromatic N) is 5. The molecule has 7 nitrogen and oxygen atoms in total. The van der Waals surface area contributed by atoms with E-state index in [2.05, 4.69) is 20.7 Å². The van der Waals surface area contributed by atoms with Gasteiger partial charge in [-0.3, -0.25) is 0 Å². The van der Waals surface area contributed by atoms with E-state index in [1.165, 1.54) is 11.1 Å². The molecule has 1 aliphatic rings. The van der Waals surface area contributed by atoms with Crippen molar-refractivity contribution in [1.29, 1.82) is 0 Å². The van der Waals surface area contributed by atoms with Gasteiger partial charge in [0.25, 0.3) is 0 Å². The number of rotatable bonds is 2. The summed E-state index contributed by atoms with van der Waals surface area (Å²) in [4.78, 5) is 14.0. The molecule has 1 aromatic rings. The van der Waals surface area contributed by atoms with Gasteiger partial charge in [0.2, 0.25) is 0 Å². The van der Waals surface area contributed by atoms with Crippen molar-refractivity contribution in [3.63, 3.8) is 0 Å². The number of tetrazole rings is 1. The molecule has 1 fully saturated rings. The van der Waals surface area contributed by atoms with Crippen molar-refractivity contribution in [2.75, 3.05) is 13.1 Å². The molecule has 1 N–H and O–H groups in total. The first-order valence-corrected chi connectivity index (χ1v) is 3.60. The zero-order valence-electron chi connectivity index (χ0n) is 6.34. The van der Waals surface area contributed by atoms with Crippen molar-refractivity contribution in [3.05, 3.63) is 6.33 Å². The Kier molecular flexibility index (Phi) is 1.61. The van der Waals surface area contributed by atoms with Gasteiger partial charge in [0.1, 0.15) is 6.67 Å². The zero-order valence-corrected chi connectivity index (χ0v) is 6.34. The Morgan fingerprint density at radius 1 is 1.67 bits per heavy atom. The van der Waals surface area contributed by atoms with E-state index in [-0.39, 0.29) is 6.03 Å². The number of hydrogen-bond acceptors (Lipinski definition) is 4. The monoisotopic (exact) mass is 168 g/mol. The summed E-state index contributed by atoms with van der Waals surface area (Å²) in [6.07, 6.45) is 1.34. The Balaban J connectivity index is 1.99. The predicted octanol–water partition coefficient (Wildman–Crippen LogP) is -1.34. The maximum absolute atomic E-state index is 11.0. The van der Waals surface area contributed by atoms with Crippen molar-refractivity contribution in [3.8, 4) is 0 Å². The van der Waals surface area contributed by atoms with Gasteiger partial charge in [-0.25, -0.2) is 4.79 Å². The third-order valence-electron chi connectivity index (χ3n) is 1.63. The number of carbonyl (C=O) groups is 1. The molecule has 0 unspecified atom stereocenters. The van der Waals surface area contributed by atoms with E-state index < -0.39 is 0 Å². The highest BCUT2D eigenvalue weighted by molar-refractivity contribution is 5.75. The molecule has 0 aromatic carbocycles. The molecule has 0 saturated carbocycles. The van der Waals surface area contributed by atoms with Crippen LogP contribution in [0.5, 0.6) is 0 Å². The van der Waals surface area contributed by atoms with E-state index >= 15 is 0 Å². The fourth-order valence-electron chi connectivity index (χ4n) is 1.05. The average Bonchev–Trinajstić information content (AvgIpc) is 2.65. The van der Waals surface area contributed by atoms with Crippen LogP contribution in [0, 0.1) is 0 Å². The maximum atomic E-state index is 11.0. The minimum absolute atomic E-state index is 0.0766. The molecule has 0 aliphatic carbocycles. The van der Waals surface area contributed by atoms with Crippen molar-refractivity contribution in [2.45, 2.75) is 6.67 Å². The second-order valence-corrected chi connectivity index (χ2v) is 2.44. The lowest BCUT2D eigenvalue weighted by Gasteiger charge is -2.11. The van der Waals surface area contributed by atoms with Gasteiger partial charge in [-0.05, 0) is 5.21 Å². The summed E-state index contributed by atoms with van der Waals surface area (Å²) < 4.78 is 0. The fraction of sp³-hybridized carbons (Fsp3) is 0.600. The molecule has 2 amide bonds. The predicted molar refractivity (Wildman–Crippen MR) is 37.9 cm³/mol. The van der Waals surface area contributed by atoms with Crippen LogP contribution in [0.3, 0.4) is 0 Å². The van der Waals surface area contributed by atoms with Gasteiger partial charge in [0.15, 0.2) is 6.33 Å². The average molecular weight is 168 g/mol. The molecule has 0 atom stereocenters. The van der Waals surface area contributed by atoms with Gasteiger partial charge in [0, 0.05) is 13.1 Å². The molecule has 2 heterocycles. The molecule has 12 heavy (non-hydrogen) atoms. The van der Waals surface area contributed by atoms with Crippen LogP contribution < -0.4 is 5.32 Å². The molecular formula is C5H8N6O. The van der Waals surface area contributed by atoms with E-state index in [0.29, 0.717) is 19.8 Å². The molecule has 0 spiro atoms. The topological polar surface area (TPSA) is 75.9 Å². The Labute approximate surface area is 68.3 Å². The lowest BCUT2D eigenvalue weighted by atomic mass is 10.6. The summed E-state index contributed by atoms with van der Waals surface area (Å²) in [5.74, 6) is 0. The highest BCUT2D eigenvalue weighted by Gasteiger charge is 2.19. The smallest absolute Gasteiger partial charge is 0.319 e. The van der Waals surface area contributed by atoms with Crippen LogP contribution in [0.15, 0.2) is 6.33 Å². The van der Waals surface area contributed by atoms with E-state index in [1.54, 1.807) is 4.90 Å². The van der Waals surface area contributed by atoms with Crippen molar-refractivity contribution >= 4 is 6.03 Å². The van der Waals surface area contributed by atoms with E-state index in [9.17, 15) is 4.79 Å². The second-order valence-electron chi connectivity index (χ2n) is 2.44. The summed E-state index contributed by atoms with van der Waals surface area (Å²) in [6.45, 7) is 1.75. The standard InChI is InChI=1S/C5H8N6O/c12-5-6-1-2-10(5)4-11-8-3-7-9-11/h3H,1-2,4H2,(H,6,12). The first-order valence-electron chi connectivity index (χ1n) is 3.60. The zero-order chi connectivity index (χ0) is 8.39. The minimum atomic E-state index is -0.0766. The number of amides is 2. The lowest BCUT2D eigenvalue weighted by molar-refractivity contribution is 0.196. The van der Waals surface area contributed by atoms with Crippen LogP contribution >= 0.6 is 0 Å². The number of hydrogen-bond donors (Lipinski definition) is 1. The second kappa shape index (κ2) is 2.76. The number of aromatic nitrogens is 4. The van der Waals surface area contributed by atoms with Crippen LogP contribution in [0.25, 0.3) is 0 Å². The normalized spacial score (nSPS) is 16.7. The molecule has 1 saturated heterocycles. The third kappa shape index (κ3) is 1.20. The Bertz CT molecular complexity index is 269. The van der Waals surface area contributed by atoms with Crippen molar-refractivity contribution in [2.24, 2.45) is 0 Å². The van der Waals surface area contributed by atoms with Crippen molar-refractivity contribution < 1.29 is 4.79 Å². The highest BCUT2D eigenvalue weighted by atomic mass is 16.2. The number of carbonyl (C=O) groups excluding carboxylic acids is 1. The van der Waals surface area contributed by atoms with Gasteiger partial charge in [-0.15, -0.1) is 15.0 Å². The number of urea groups is 1. The number of nitrogens with one attached hydrogen (secondary N) is 1. The van der Waals surface area contributed by atoms with E-state index in [0.717, 1.165) is 0 Å². The van der Waals surface area contributed by atoms with Gasteiger partial charge in [-0.1, -0.05) is 0 Å². The lowest BCUT2D eigenvalue weighted by Crippen LogP contribution is -2.31. The summed E-state index contributed by atoms with van der Waals surface area (Å²) in [7, 11) is 0. The van der Waals surface area contributed by atoms with Crippen molar-refractivity contribution in [1.82, 2.24) is 30.4 Å². The van der Waals surface area contributed by atoms with Crippen LogP contribution in [-0.4, -0.2) is 44.2 Å². The summed E-state index contributed by atoms with van der Waals surface area (Å²) >= 11 is 0. The van der Waals surface area contributed by atoms with E-state index in [4.69, 9.17) is 0 Å². The van der Waals surface area contributed by atoms with Gasteiger partial charge in [0.05, 0.1) is 0 Å². The first-order chi connectivity index (χ1) is 5.86. The molecule has 1 aliphatic heterocycles. The van der Waals surface area contributed by atoms with Crippen LogP contribution in [-0.2, 0) is 6.67 Å². The van der Waals surface area contributed by atoms with Crippen LogP contribution in [0.4, 0.5) is 4.79 Å². The Morgan fingerprint density at radius 3 is 3.17 bits per heavy atom. The summed E-state index contributed by atoms with van der Waals surface area (Å²) in [5, 5.41) is 13.6. The molecule has 2 rings (SSSR count). The molecule has 7 heteroatoms. The quantitative estimate of drug-likeness (QED) is 0.592. The first kappa shape index (κ1) is 7.01. The Morgan fingerprint density at radius 2 is 2.58 bits per heavy atom. The maximum Gasteiger partial charge on any atom is 0.319 e. The molecule has 1 aromatic heterocycles. The van der Waals surface area contributed by atoms with Crippen LogP contribution in [0.1, 0.15) is 0 Å². The summed E-state index contributed by atoms with van der Waals surface area (Å²) in [5.41, 5.74) is 0.